The summed E-state index contributed by atoms with van der Waals surface area (Å²) in [6.07, 6.45) is 0.669. The molecule has 0 saturated carbocycles. The van der Waals surface area contributed by atoms with Gasteiger partial charge in [0.15, 0.2) is 6.61 Å². The molecule has 1 atom stereocenters. The first-order chi connectivity index (χ1) is 12.8. The number of ether oxygens (including phenoxy) is 3. The Morgan fingerprint density at radius 3 is 2.78 bits per heavy atom. The van der Waals surface area contributed by atoms with Gasteiger partial charge in [0.25, 0.3) is 5.91 Å². The van der Waals surface area contributed by atoms with Crippen LogP contribution in [0.4, 0.5) is 0 Å². The number of amides is 1. The molecule has 0 aliphatic carbocycles. The van der Waals surface area contributed by atoms with E-state index in [0.29, 0.717) is 6.42 Å². The Kier molecular flexibility index (Phi) is 5.31. The Bertz CT molecular complexity index is 844. The summed E-state index contributed by atoms with van der Waals surface area (Å²) in [7, 11) is 1.63. The Labute approximate surface area is 160 Å². The maximum Gasteiger partial charge on any atom is 0.258 e. The monoisotopic (exact) mass is 369 g/mol. The number of hydrogen-bond acceptors (Lipinski definition) is 4. The quantitative estimate of drug-likeness (QED) is 0.862. The summed E-state index contributed by atoms with van der Waals surface area (Å²) in [5.74, 6) is 2.09. The molecule has 5 heteroatoms. The van der Waals surface area contributed by atoms with Crippen LogP contribution in [0.25, 0.3) is 0 Å². The van der Waals surface area contributed by atoms with Crippen LogP contribution in [0.3, 0.4) is 0 Å². The van der Waals surface area contributed by atoms with Crippen molar-refractivity contribution in [2.75, 3.05) is 13.7 Å². The molecule has 1 N–H and O–H groups in total. The first-order valence-corrected chi connectivity index (χ1v) is 9.14. The molecule has 0 spiro atoms. The highest BCUT2D eigenvalue weighted by molar-refractivity contribution is 5.78. The highest BCUT2D eigenvalue weighted by Crippen LogP contribution is 2.41. The zero-order valence-electron chi connectivity index (χ0n) is 16.6. The molecule has 0 saturated heterocycles. The molecule has 1 amide bonds. The van der Waals surface area contributed by atoms with Crippen LogP contribution in [0.1, 0.15) is 43.0 Å². The summed E-state index contributed by atoms with van der Waals surface area (Å²) in [6, 6.07) is 11.3. The van der Waals surface area contributed by atoms with E-state index in [1.165, 1.54) is 0 Å². The van der Waals surface area contributed by atoms with Crippen LogP contribution in [0.15, 0.2) is 36.4 Å². The molecule has 1 heterocycles. The predicted octanol–water partition coefficient (Wildman–Crippen LogP) is 4.11. The van der Waals surface area contributed by atoms with Gasteiger partial charge in [-0.05, 0) is 63.1 Å². The first kappa shape index (κ1) is 19.1. The largest absolute Gasteiger partial charge is 0.497 e. The fourth-order valence-electron chi connectivity index (χ4n) is 3.35. The van der Waals surface area contributed by atoms with Gasteiger partial charge in [-0.2, -0.15) is 0 Å². The Morgan fingerprint density at radius 1 is 1.26 bits per heavy atom. The summed E-state index contributed by atoms with van der Waals surface area (Å²) in [4.78, 5) is 12.5. The van der Waals surface area contributed by atoms with Gasteiger partial charge in [0.2, 0.25) is 0 Å². The van der Waals surface area contributed by atoms with Gasteiger partial charge in [-0.15, -0.1) is 0 Å². The van der Waals surface area contributed by atoms with E-state index in [1.54, 1.807) is 7.11 Å². The minimum absolute atomic E-state index is 0.0264. The number of carbonyl (C=O) groups is 1. The number of benzene rings is 2. The van der Waals surface area contributed by atoms with Gasteiger partial charge in [0.05, 0.1) is 13.2 Å². The number of hydrogen-bond donors (Lipinski definition) is 1. The van der Waals surface area contributed by atoms with E-state index in [0.717, 1.165) is 33.9 Å². The molecule has 0 bridgehead atoms. The van der Waals surface area contributed by atoms with Gasteiger partial charge in [-0.1, -0.05) is 12.1 Å². The zero-order valence-corrected chi connectivity index (χ0v) is 16.6. The van der Waals surface area contributed by atoms with Crippen LogP contribution in [-0.4, -0.2) is 25.2 Å². The summed E-state index contributed by atoms with van der Waals surface area (Å²) >= 11 is 0. The van der Waals surface area contributed by atoms with Gasteiger partial charge in [-0.3, -0.25) is 4.79 Å². The van der Waals surface area contributed by atoms with Crippen LogP contribution in [0.2, 0.25) is 0 Å². The maximum atomic E-state index is 12.5. The van der Waals surface area contributed by atoms with Gasteiger partial charge < -0.3 is 19.5 Å². The summed E-state index contributed by atoms with van der Waals surface area (Å²) in [5.41, 5.74) is 2.74. The smallest absolute Gasteiger partial charge is 0.258 e. The zero-order chi connectivity index (χ0) is 19.6. The van der Waals surface area contributed by atoms with Crippen molar-refractivity contribution >= 4 is 5.91 Å². The molecule has 0 unspecified atom stereocenters. The lowest BCUT2D eigenvalue weighted by Crippen LogP contribution is -2.42. The van der Waals surface area contributed by atoms with Crippen molar-refractivity contribution < 1.29 is 19.0 Å². The van der Waals surface area contributed by atoms with E-state index >= 15 is 0 Å². The lowest BCUT2D eigenvalue weighted by molar-refractivity contribution is -0.124. The average Bonchev–Trinajstić information content (AvgIpc) is 2.62. The van der Waals surface area contributed by atoms with Crippen molar-refractivity contribution in [2.45, 2.75) is 45.8 Å². The lowest BCUT2D eigenvalue weighted by atomic mass is 9.89. The van der Waals surface area contributed by atoms with Crippen molar-refractivity contribution in [3.63, 3.8) is 0 Å². The maximum absolute atomic E-state index is 12.5. The van der Waals surface area contributed by atoms with Crippen molar-refractivity contribution in [3.8, 4) is 17.2 Å². The number of methoxy groups -OCH3 is 1. The van der Waals surface area contributed by atoms with Crippen molar-refractivity contribution in [2.24, 2.45) is 0 Å². The molecule has 1 aliphatic heterocycles. The normalized spacial score (nSPS) is 17.4. The molecule has 5 nitrogen and oxygen atoms in total. The van der Waals surface area contributed by atoms with E-state index in [2.05, 4.69) is 5.32 Å². The first-order valence-electron chi connectivity index (χ1n) is 9.14. The molecule has 144 valence electrons. The minimum atomic E-state index is -0.368. The molecular weight excluding hydrogens is 342 g/mol. The highest BCUT2D eigenvalue weighted by atomic mass is 16.5. The topological polar surface area (TPSA) is 56.8 Å². The third-order valence-corrected chi connectivity index (χ3v) is 4.92. The second-order valence-electron chi connectivity index (χ2n) is 7.58. The van der Waals surface area contributed by atoms with Gasteiger partial charge in [0.1, 0.15) is 22.8 Å². The van der Waals surface area contributed by atoms with Crippen LogP contribution in [0.5, 0.6) is 17.2 Å². The van der Waals surface area contributed by atoms with Crippen molar-refractivity contribution in [1.82, 2.24) is 5.32 Å². The molecular formula is C22H27NO4. The van der Waals surface area contributed by atoms with E-state index in [1.807, 2.05) is 64.1 Å². The molecule has 2 aromatic rings. The second-order valence-corrected chi connectivity index (χ2v) is 7.58. The number of rotatable bonds is 5. The van der Waals surface area contributed by atoms with Gasteiger partial charge in [-0.25, -0.2) is 0 Å². The van der Waals surface area contributed by atoms with E-state index in [9.17, 15) is 4.79 Å². The fraction of sp³-hybridized carbons (Fsp3) is 0.409. The van der Waals surface area contributed by atoms with Crippen molar-refractivity contribution in [1.29, 1.82) is 0 Å². The molecule has 1 aliphatic rings. The Morgan fingerprint density at radius 2 is 2.04 bits per heavy atom. The highest BCUT2D eigenvalue weighted by Gasteiger charge is 2.34. The molecule has 2 aromatic carbocycles. The molecule has 0 fully saturated rings. The average molecular weight is 369 g/mol. The predicted molar refractivity (Wildman–Crippen MR) is 105 cm³/mol. The van der Waals surface area contributed by atoms with E-state index in [-0.39, 0.29) is 24.2 Å². The molecule has 3 rings (SSSR count). The third kappa shape index (κ3) is 4.35. The van der Waals surface area contributed by atoms with Crippen molar-refractivity contribution in [3.05, 3.63) is 53.1 Å². The second kappa shape index (κ2) is 7.51. The van der Waals surface area contributed by atoms with Crippen LogP contribution in [-0.2, 0) is 4.79 Å². The van der Waals surface area contributed by atoms with Crippen LogP contribution >= 0.6 is 0 Å². The van der Waals surface area contributed by atoms with E-state index < -0.39 is 0 Å². The molecule has 27 heavy (non-hydrogen) atoms. The summed E-state index contributed by atoms with van der Waals surface area (Å²) < 4.78 is 17.1. The standard InChI is InChI=1S/C22H27NO4/c1-14-7-6-8-19(15(14)2)26-13-21(24)23-18-12-22(3,4)27-20-10-9-16(25-5)11-17(18)20/h6-11,18H,12-13H2,1-5H3,(H,23,24)/t18-/m0/s1. The van der Waals surface area contributed by atoms with Crippen LogP contribution in [0, 0.1) is 13.8 Å². The third-order valence-electron chi connectivity index (χ3n) is 4.92. The van der Waals surface area contributed by atoms with E-state index in [4.69, 9.17) is 14.2 Å². The Balaban J connectivity index is 1.72. The van der Waals surface area contributed by atoms with Crippen LogP contribution < -0.4 is 19.5 Å². The van der Waals surface area contributed by atoms with Gasteiger partial charge >= 0.3 is 0 Å². The summed E-state index contributed by atoms with van der Waals surface area (Å²) in [5, 5.41) is 3.09. The number of fused-ring (bicyclic) bond motifs is 1. The molecule has 0 aromatic heterocycles. The Hall–Kier alpha value is -2.69. The number of aryl methyl sites for hydroxylation is 1. The lowest BCUT2D eigenvalue weighted by Gasteiger charge is -2.38. The summed E-state index contributed by atoms with van der Waals surface area (Å²) in [6.45, 7) is 8.03. The minimum Gasteiger partial charge on any atom is -0.497 e. The SMILES string of the molecule is COc1ccc2c(c1)[C@@H](NC(=O)COc1cccc(C)c1C)CC(C)(C)O2. The number of carbonyl (C=O) groups excluding carboxylic acids is 1. The fourth-order valence-corrected chi connectivity index (χ4v) is 3.35. The number of nitrogens with one attached hydrogen (secondary N) is 1. The molecule has 0 radical (unpaired) electrons. The van der Waals surface area contributed by atoms with Gasteiger partial charge in [0, 0.05) is 12.0 Å².